The monoisotopic (exact) mass is 511 g/mol. The van der Waals surface area contributed by atoms with E-state index in [1.165, 1.54) is 22.9 Å². The quantitative estimate of drug-likeness (QED) is 0.448. The average molecular weight is 512 g/mol. The Labute approximate surface area is 209 Å². The molecule has 1 amide bonds. The largest absolute Gasteiger partial charge is 0.419 e. The van der Waals surface area contributed by atoms with Gasteiger partial charge in [0.25, 0.3) is 0 Å². The first kappa shape index (κ1) is 23.4. The van der Waals surface area contributed by atoms with Crippen LogP contribution in [-0.4, -0.2) is 57.5 Å². The van der Waals surface area contributed by atoms with Gasteiger partial charge in [-0.3, -0.25) is 9.20 Å². The van der Waals surface area contributed by atoms with E-state index in [-0.39, 0.29) is 23.5 Å². The van der Waals surface area contributed by atoms with E-state index in [0.717, 1.165) is 37.6 Å². The molecule has 2 aliphatic rings. The summed E-state index contributed by atoms with van der Waals surface area (Å²) in [6, 6.07) is 4.10. The SMILES string of the molecule is O=C(C1CCC(Nc2nccc(-c3cnc4c(C(F)(F)F)cccn34)n2)CC1)N1CCn2cnnc2C1. The molecule has 5 heterocycles. The number of aromatic nitrogens is 7. The van der Waals surface area contributed by atoms with Crippen LogP contribution in [0, 0.1) is 5.92 Å². The Kier molecular flexibility index (Phi) is 5.76. The van der Waals surface area contributed by atoms with E-state index in [4.69, 9.17) is 0 Å². The lowest BCUT2D eigenvalue weighted by Crippen LogP contribution is -2.43. The van der Waals surface area contributed by atoms with Gasteiger partial charge in [-0.25, -0.2) is 15.0 Å². The van der Waals surface area contributed by atoms with Crippen molar-refractivity contribution in [1.29, 1.82) is 0 Å². The Balaban J connectivity index is 1.11. The number of halogens is 3. The number of carbonyl (C=O) groups excluding carboxylic acids is 1. The highest BCUT2D eigenvalue weighted by molar-refractivity contribution is 5.79. The summed E-state index contributed by atoms with van der Waals surface area (Å²) in [7, 11) is 0. The third kappa shape index (κ3) is 4.49. The van der Waals surface area contributed by atoms with Crippen LogP contribution in [-0.2, 0) is 24.1 Å². The lowest BCUT2D eigenvalue weighted by molar-refractivity contribution is -0.138. The molecule has 0 unspecified atom stereocenters. The van der Waals surface area contributed by atoms with Crippen molar-refractivity contribution >= 4 is 17.5 Å². The zero-order valence-electron chi connectivity index (χ0n) is 19.8. The van der Waals surface area contributed by atoms with Gasteiger partial charge in [0.2, 0.25) is 11.9 Å². The van der Waals surface area contributed by atoms with Crippen LogP contribution in [0.5, 0.6) is 0 Å². The van der Waals surface area contributed by atoms with Crippen molar-refractivity contribution in [3.63, 3.8) is 0 Å². The molecule has 0 spiro atoms. The third-order valence-corrected chi connectivity index (χ3v) is 7.12. The number of hydrogen-bond acceptors (Lipinski definition) is 7. The zero-order chi connectivity index (χ0) is 25.6. The van der Waals surface area contributed by atoms with Gasteiger partial charge >= 0.3 is 6.18 Å². The second-order valence-electron chi connectivity index (χ2n) is 9.42. The van der Waals surface area contributed by atoms with E-state index < -0.39 is 11.7 Å². The Morgan fingerprint density at radius 2 is 1.92 bits per heavy atom. The van der Waals surface area contributed by atoms with Gasteiger partial charge in [0.05, 0.1) is 29.7 Å². The lowest BCUT2D eigenvalue weighted by atomic mass is 9.85. The summed E-state index contributed by atoms with van der Waals surface area (Å²) in [5, 5.41) is 11.3. The topological polar surface area (TPSA) is 106 Å². The van der Waals surface area contributed by atoms with Crippen molar-refractivity contribution < 1.29 is 18.0 Å². The fraction of sp³-hybridized carbons (Fsp3) is 0.417. The summed E-state index contributed by atoms with van der Waals surface area (Å²) in [5.74, 6) is 1.34. The minimum atomic E-state index is -4.50. The normalized spacial score (nSPS) is 20.1. The van der Waals surface area contributed by atoms with E-state index in [2.05, 4.69) is 30.5 Å². The maximum atomic E-state index is 13.4. The molecule has 13 heteroatoms. The predicted molar refractivity (Wildman–Crippen MR) is 126 cm³/mol. The van der Waals surface area contributed by atoms with Gasteiger partial charge in [0, 0.05) is 37.4 Å². The number of amides is 1. The second-order valence-corrected chi connectivity index (χ2v) is 9.42. The number of imidazole rings is 1. The highest BCUT2D eigenvalue weighted by Gasteiger charge is 2.34. The Morgan fingerprint density at radius 3 is 2.73 bits per heavy atom. The molecule has 192 valence electrons. The molecule has 1 aliphatic heterocycles. The molecule has 0 aromatic carbocycles. The lowest BCUT2D eigenvalue weighted by Gasteiger charge is -2.34. The number of hydrogen-bond donors (Lipinski definition) is 1. The van der Waals surface area contributed by atoms with Crippen LogP contribution in [0.3, 0.4) is 0 Å². The molecule has 1 aliphatic carbocycles. The van der Waals surface area contributed by atoms with Crippen molar-refractivity contribution in [3.8, 4) is 11.4 Å². The van der Waals surface area contributed by atoms with Crippen LogP contribution in [0.4, 0.5) is 19.1 Å². The van der Waals surface area contributed by atoms with E-state index >= 15 is 0 Å². The minimum Gasteiger partial charge on any atom is -0.351 e. The molecule has 37 heavy (non-hydrogen) atoms. The summed E-state index contributed by atoms with van der Waals surface area (Å²) in [4.78, 5) is 27.8. The van der Waals surface area contributed by atoms with Gasteiger partial charge in [-0.15, -0.1) is 10.2 Å². The fourth-order valence-corrected chi connectivity index (χ4v) is 5.17. The summed E-state index contributed by atoms with van der Waals surface area (Å²) in [6.45, 7) is 1.87. The molecule has 0 atom stereocenters. The van der Waals surface area contributed by atoms with Gasteiger partial charge < -0.3 is 14.8 Å². The first-order chi connectivity index (χ1) is 17.9. The number of nitrogens with one attached hydrogen (secondary N) is 1. The molecule has 0 saturated heterocycles. The van der Waals surface area contributed by atoms with E-state index in [1.54, 1.807) is 18.6 Å². The summed E-state index contributed by atoms with van der Waals surface area (Å²) >= 11 is 0. The van der Waals surface area contributed by atoms with Crippen molar-refractivity contribution in [1.82, 2.24) is 39.0 Å². The molecular weight excluding hydrogens is 487 g/mol. The predicted octanol–water partition coefficient (Wildman–Crippen LogP) is 3.41. The summed E-state index contributed by atoms with van der Waals surface area (Å²) < 4.78 is 43.4. The fourth-order valence-electron chi connectivity index (χ4n) is 5.17. The Hall–Kier alpha value is -4.03. The molecule has 0 bridgehead atoms. The molecule has 1 N–H and O–H groups in total. The van der Waals surface area contributed by atoms with Crippen LogP contribution in [0.25, 0.3) is 17.0 Å². The smallest absolute Gasteiger partial charge is 0.351 e. The Morgan fingerprint density at radius 1 is 1.08 bits per heavy atom. The number of carbonyl (C=O) groups is 1. The molecule has 6 rings (SSSR count). The number of rotatable bonds is 4. The first-order valence-electron chi connectivity index (χ1n) is 12.2. The van der Waals surface area contributed by atoms with Gasteiger partial charge in [-0.1, -0.05) is 0 Å². The molecule has 4 aromatic heterocycles. The van der Waals surface area contributed by atoms with Crippen LogP contribution < -0.4 is 5.32 Å². The maximum absolute atomic E-state index is 13.4. The number of alkyl halides is 3. The van der Waals surface area contributed by atoms with Crippen molar-refractivity contribution in [2.45, 2.75) is 51.0 Å². The van der Waals surface area contributed by atoms with Crippen LogP contribution in [0.1, 0.15) is 37.1 Å². The highest BCUT2D eigenvalue weighted by Crippen LogP contribution is 2.33. The van der Waals surface area contributed by atoms with E-state index in [1.807, 2.05) is 9.47 Å². The van der Waals surface area contributed by atoms with E-state index in [0.29, 0.717) is 37.0 Å². The van der Waals surface area contributed by atoms with Crippen molar-refractivity contribution in [2.75, 3.05) is 11.9 Å². The van der Waals surface area contributed by atoms with Gasteiger partial charge in [-0.2, -0.15) is 13.2 Å². The molecule has 0 radical (unpaired) electrons. The van der Waals surface area contributed by atoms with Gasteiger partial charge in [0.15, 0.2) is 5.82 Å². The zero-order valence-corrected chi connectivity index (χ0v) is 19.8. The average Bonchev–Trinajstić information content (AvgIpc) is 3.55. The molecule has 4 aromatic rings. The molecule has 1 saturated carbocycles. The molecular formula is C24H24F3N9O. The summed E-state index contributed by atoms with van der Waals surface area (Å²) in [6.07, 6.45) is 4.78. The first-order valence-corrected chi connectivity index (χ1v) is 12.2. The minimum absolute atomic E-state index is 0.0271. The molecule has 1 fully saturated rings. The number of fused-ring (bicyclic) bond motifs is 2. The van der Waals surface area contributed by atoms with Crippen LogP contribution >= 0.6 is 0 Å². The third-order valence-electron chi connectivity index (χ3n) is 7.12. The summed E-state index contributed by atoms with van der Waals surface area (Å²) in [5.41, 5.74) is -0.0641. The van der Waals surface area contributed by atoms with E-state index in [9.17, 15) is 18.0 Å². The number of anilines is 1. The van der Waals surface area contributed by atoms with Crippen LogP contribution in [0.2, 0.25) is 0 Å². The second kappa shape index (κ2) is 9.12. The van der Waals surface area contributed by atoms with Gasteiger partial charge in [0.1, 0.15) is 12.0 Å². The van der Waals surface area contributed by atoms with Gasteiger partial charge in [-0.05, 0) is 43.9 Å². The maximum Gasteiger partial charge on any atom is 0.419 e. The van der Waals surface area contributed by atoms with Crippen molar-refractivity contribution in [2.24, 2.45) is 5.92 Å². The number of nitrogens with zero attached hydrogens (tertiary/aromatic N) is 8. The standard InChI is InChI=1S/C24H24F3N9O/c25-24(26,27)17-2-1-9-36-19(12-29-21(17)36)18-7-8-28-23(32-18)31-16-5-3-15(4-6-16)22(37)34-10-11-35-14-30-33-20(35)13-34/h1-2,7-9,12,14-16H,3-6,10-11,13H2,(H,28,31,32). The Bertz CT molecular complexity index is 1440. The van der Waals surface area contributed by atoms with Crippen LogP contribution in [0.15, 0.2) is 43.1 Å². The number of pyridine rings is 1. The molecule has 10 nitrogen and oxygen atoms in total. The van der Waals surface area contributed by atoms with Crippen molar-refractivity contribution in [3.05, 3.63) is 54.5 Å². The highest BCUT2D eigenvalue weighted by atomic mass is 19.4.